The molecule has 0 aliphatic carbocycles. The lowest BCUT2D eigenvalue weighted by Gasteiger charge is -2.37. The van der Waals surface area contributed by atoms with Gasteiger partial charge in [-0.25, -0.2) is 4.79 Å². The summed E-state index contributed by atoms with van der Waals surface area (Å²) in [6.07, 6.45) is -0.326. The molecule has 7 heteroatoms. The zero-order chi connectivity index (χ0) is 18.6. The van der Waals surface area contributed by atoms with Gasteiger partial charge in [0.1, 0.15) is 5.60 Å². The summed E-state index contributed by atoms with van der Waals surface area (Å²) in [6, 6.07) is 3.56. The third-order valence-corrected chi connectivity index (χ3v) is 3.94. The van der Waals surface area contributed by atoms with E-state index in [1.807, 2.05) is 32.9 Å². The third kappa shape index (κ3) is 4.48. The molecule has 1 aliphatic rings. The number of nitrogens with zero attached hydrogens (tertiary/aromatic N) is 1. The van der Waals surface area contributed by atoms with Crippen molar-refractivity contribution in [2.24, 2.45) is 0 Å². The number of ether oxygens (including phenoxy) is 4. The van der Waals surface area contributed by atoms with Crippen LogP contribution >= 0.6 is 0 Å². The number of amides is 1. The van der Waals surface area contributed by atoms with Gasteiger partial charge in [0.25, 0.3) is 0 Å². The number of carbonyl (C=O) groups is 1. The van der Waals surface area contributed by atoms with E-state index in [2.05, 4.69) is 5.32 Å². The molecule has 0 saturated carbocycles. The molecule has 1 N–H and O–H groups in total. The zero-order valence-corrected chi connectivity index (χ0v) is 15.8. The number of piperazine rings is 1. The zero-order valence-electron chi connectivity index (χ0n) is 15.8. The quantitative estimate of drug-likeness (QED) is 0.898. The van der Waals surface area contributed by atoms with Crippen molar-refractivity contribution in [1.29, 1.82) is 0 Å². The Morgan fingerprint density at radius 2 is 1.72 bits per heavy atom. The molecule has 1 amide bonds. The van der Waals surface area contributed by atoms with E-state index in [1.54, 1.807) is 26.2 Å². The van der Waals surface area contributed by atoms with Gasteiger partial charge < -0.3 is 24.3 Å². The molecular formula is C18H28N2O5. The molecule has 140 valence electrons. The van der Waals surface area contributed by atoms with Crippen molar-refractivity contribution in [3.8, 4) is 17.2 Å². The van der Waals surface area contributed by atoms with Crippen molar-refractivity contribution in [2.75, 3.05) is 41.0 Å². The molecule has 0 unspecified atom stereocenters. The predicted octanol–water partition coefficient (Wildman–Crippen LogP) is 2.59. The maximum absolute atomic E-state index is 12.6. The van der Waals surface area contributed by atoms with Crippen LogP contribution in [0.2, 0.25) is 0 Å². The van der Waals surface area contributed by atoms with Crippen LogP contribution in [0, 0.1) is 0 Å². The summed E-state index contributed by atoms with van der Waals surface area (Å²) >= 11 is 0. The van der Waals surface area contributed by atoms with Gasteiger partial charge in [0.05, 0.1) is 27.4 Å². The first-order chi connectivity index (χ1) is 11.8. The van der Waals surface area contributed by atoms with Crippen LogP contribution in [0.3, 0.4) is 0 Å². The third-order valence-electron chi connectivity index (χ3n) is 3.94. The average Bonchev–Trinajstić information content (AvgIpc) is 2.58. The summed E-state index contributed by atoms with van der Waals surface area (Å²) in [5.74, 6) is 1.65. The van der Waals surface area contributed by atoms with Crippen LogP contribution in [0.1, 0.15) is 32.4 Å². The van der Waals surface area contributed by atoms with Crippen molar-refractivity contribution in [3.63, 3.8) is 0 Å². The number of hydrogen-bond acceptors (Lipinski definition) is 6. The Balaban J connectivity index is 2.38. The van der Waals surface area contributed by atoms with Crippen molar-refractivity contribution in [3.05, 3.63) is 17.7 Å². The lowest BCUT2D eigenvalue weighted by atomic mass is 10.0. The number of rotatable bonds is 4. The van der Waals surface area contributed by atoms with E-state index < -0.39 is 5.60 Å². The summed E-state index contributed by atoms with van der Waals surface area (Å²) in [4.78, 5) is 14.4. The van der Waals surface area contributed by atoms with Crippen molar-refractivity contribution < 1.29 is 23.7 Å². The maximum Gasteiger partial charge on any atom is 0.410 e. The van der Waals surface area contributed by atoms with Gasteiger partial charge in [0.2, 0.25) is 5.75 Å². The highest BCUT2D eigenvalue weighted by molar-refractivity contribution is 5.69. The van der Waals surface area contributed by atoms with E-state index in [4.69, 9.17) is 18.9 Å². The molecule has 1 saturated heterocycles. The second-order valence-electron chi connectivity index (χ2n) is 6.85. The van der Waals surface area contributed by atoms with Crippen LogP contribution in [0.5, 0.6) is 17.2 Å². The highest BCUT2D eigenvalue weighted by Gasteiger charge is 2.32. The molecule has 1 aromatic rings. The summed E-state index contributed by atoms with van der Waals surface area (Å²) in [5, 5.41) is 3.32. The first-order valence-electron chi connectivity index (χ1n) is 8.31. The Kier molecular flexibility index (Phi) is 6.00. The molecule has 1 aliphatic heterocycles. The number of carbonyl (C=O) groups excluding carboxylic acids is 1. The van der Waals surface area contributed by atoms with Gasteiger partial charge in [0.15, 0.2) is 11.5 Å². The minimum atomic E-state index is -0.540. The van der Waals surface area contributed by atoms with Crippen LogP contribution in [-0.2, 0) is 4.74 Å². The molecule has 1 heterocycles. The van der Waals surface area contributed by atoms with Crippen molar-refractivity contribution >= 4 is 6.09 Å². The Morgan fingerprint density at radius 1 is 1.12 bits per heavy atom. The molecule has 0 radical (unpaired) electrons. The monoisotopic (exact) mass is 352 g/mol. The summed E-state index contributed by atoms with van der Waals surface area (Å²) in [6.45, 7) is 7.50. The van der Waals surface area contributed by atoms with E-state index in [0.717, 1.165) is 12.1 Å². The second-order valence-corrected chi connectivity index (χ2v) is 6.85. The molecule has 25 heavy (non-hydrogen) atoms. The first kappa shape index (κ1) is 19.2. The number of nitrogens with one attached hydrogen (secondary N) is 1. The summed E-state index contributed by atoms with van der Waals surface area (Å²) < 4.78 is 21.8. The van der Waals surface area contributed by atoms with Gasteiger partial charge in [-0.05, 0) is 38.5 Å². The smallest absolute Gasteiger partial charge is 0.410 e. The first-order valence-corrected chi connectivity index (χ1v) is 8.31. The molecule has 0 aromatic heterocycles. The van der Waals surface area contributed by atoms with Gasteiger partial charge in [-0.15, -0.1) is 0 Å². The van der Waals surface area contributed by atoms with Crippen LogP contribution in [0.25, 0.3) is 0 Å². The Morgan fingerprint density at radius 3 is 2.20 bits per heavy atom. The Bertz CT molecular complexity index is 587. The lowest BCUT2D eigenvalue weighted by Crippen LogP contribution is -2.50. The lowest BCUT2D eigenvalue weighted by molar-refractivity contribution is 0.0117. The number of benzene rings is 1. The topological polar surface area (TPSA) is 69.3 Å². The number of methoxy groups -OCH3 is 3. The van der Waals surface area contributed by atoms with E-state index >= 15 is 0 Å². The molecule has 1 atom stereocenters. The largest absolute Gasteiger partial charge is 0.493 e. The minimum Gasteiger partial charge on any atom is -0.493 e. The van der Waals surface area contributed by atoms with Crippen LogP contribution < -0.4 is 19.5 Å². The standard InChI is InChI=1S/C18H28N2O5/c1-18(2,3)25-17(21)20-8-7-19-11-13(20)12-9-14(22-4)16(24-6)15(10-12)23-5/h9-10,13,19H,7-8,11H2,1-6H3/t13-/m0/s1. The maximum atomic E-state index is 12.6. The predicted molar refractivity (Wildman–Crippen MR) is 94.6 cm³/mol. The van der Waals surface area contributed by atoms with Gasteiger partial charge in [-0.2, -0.15) is 0 Å². The van der Waals surface area contributed by atoms with E-state index in [9.17, 15) is 4.79 Å². The van der Waals surface area contributed by atoms with Gasteiger partial charge in [0, 0.05) is 19.6 Å². The van der Waals surface area contributed by atoms with Crippen molar-refractivity contribution in [1.82, 2.24) is 10.2 Å². The van der Waals surface area contributed by atoms with Gasteiger partial charge in [-0.3, -0.25) is 4.90 Å². The second kappa shape index (κ2) is 7.82. The highest BCUT2D eigenvalue weighted by Crippen LogP contribution is 2.41. The normalized spacial score (nSPS) is 17.8. The highest BCUT2D eigenvalue weighted by atomic mass is 16.6. The molecule has 2 rings (SSSR count). The molecule has 7 nitrogen and oxygen atoms in total. The van der Waals surface area contributed by atoms with Gasteiger partial charge in [-0.1, -0.05) is 0 Å². The molecule has 1 aromatic carbocycles. The molecular weight excluding hydrogens is 324 g/mol. The van der Waals surface area contributed by atoms with Crippen molar-refractivity contribution in [2.45, 2.75) is 32.4 Å². The Hall–Kier alpha value is -2.15. The fraction of sp³-hybridized carbons (Fsp3) is 0.611. The minimum absolute atomic E-state index is 0.183. The van der Waals surface area contributed by atoms with E-state index in [0.29, 0.717) is 30.3 Å². The molecule has 1 fully saturated rings. The molecule has 0 spiro atoms. The van der Waals surface area contributed by atoms with E-state index in [1.165, 1.54) is 0 Å². The van der Waals surface area contributed by atoms with Crippen LogP contribution in [-0.4, -0.2) is 57.6 Å². The SMILES string of the molecule is COc1cc([C@@H]2CNCCN2C(=O)OC(C)(C)C)cc(OC)c1OC. The summed E-state index contributed by atoms with van der Waals surface area (Å²) in [7, 11) is 4.72. The van der Waals surface area contributed by atoms with Gasteiger partial charge >= 0.3 is 6.09 Å². The van der Waals surface area contributed by atoms with Crippen LogP contribution in [0.4, 0.5) is 4.79 Å². The van der Waals surface area contributed by atoms with Crippen LogP contribution in [0.15, 0.2) is 12.1 Å². The molecule has 0 bridgehead atoms. The average molecular weight is 352 g/mol. The number of hydrogen-bond donors (Lipinski definition) is 1. The van der Waals surface area contributed by atoms with E-state index in [-0.39, 0.29) is 12.1 Å². The Labute approximate surface area is 149 Å². The fourth-order valence-corrected chi connectivity index (χ4v) is 2.83. The summed E-state index contributed by atoms with van der Waals surface area (Å²) in [5.41, 5.74) is 0.356. The fourth-order valence-electron chi connectivity index (χ4n) is 2.83.